The van der Waals surface area contributed by atoms with Gasteiger partial charge in [-0.25, -0.2) is 0 Å². The van der Waals surface area contributed by atoms with E-state index in [1.165, 1.54) is 27.8 Å². The average molecular weight is 361 g/mol. The van der Waals surface area contributed by atoms with Gasteiger partial charge in [0.15, 0.2) is 0 Å². The van der Waals surface area contributed by atoms with Crippen LogP contribution in [0.5, 0.6) is 5.75 Å². The van der Waals surface area contributed by atoms with Crippen LogP contribution in [0, 0.1) is 13.8 Å². The molecule has 0 spiro atoms. The van der Waals surface area contributed by atoms with Crippen LogP contribution in [0.4, 0.5) is 0 Å². The summed E-state index contributed by atoms with van der Waals surface area (Å²) in [5, 5.41) is 0. The van der Waals surface area contributed by atoms with E-state index in [-0.39, 0.29) is 0 Å². The number of hydrogen-bond donors (Lipinski definition) is 0. The SMILES string of the molecule is COc1cc(C)c(CN(CCc2ccccc2)Cc2ccncc2)cc1C. The molecule has 1 heterocycles. The minimum Gasteiger partial charge on any atom is -0.496 e. The third kappa shape index (κ3) is 5.41. The summed E-state index contributed by atoms with van der Waals surface area (Å²) in [5.74, 6) is 0.959. The van der Waals surface area contributed by atoms with Gasteiger partial charge in [0.1, 0.15) is 5.75 Å². The first-order valence-corrected chi connectivity index (χ1v) is 9.45. The summed E-state index contributed by atoms with van der Waals surface area (Å²) in [7, 11) is 1.73. The zero-order chi connectivity index (χ0) is 19.1. The van der Waals surface area contributed by atoms with Crippen molar-refractivity contribution in [2.24, 2.45) is 0 Å². The fourth-order valence-corrected chi connectivity index (χ4v) is 3.37. The predicted molar refractivity (Wildman–Crippen MR) is 111 cm³/mol. The number of aryl methyl sites for hydroxylation is 2. The maximum absolute atomic E-state index is 5.47. The number of ether oxygens (including phenoxy) is 1. The topological polar surface area (TPSA) is 25.4 Å². The highest BCUT2D eigenvalue weighted by molar-refractivity contribution is 5.41. The minimum absolute atomic E-state index is 0.917. The van der Waals surface area contributed by atoms with E-state index in [1.807, 2.05) is 12.4 Å². The maximum atomic E-state index is 5.47. The maximum Gasteiger partial charge on any atom is 0.122 e. The Morgan fingerprint density at radius 1 is 0.852 bits per heavy atom. The molecule has 0 radical (unpaired) electrons. The van der Waals surface area contributed by atoms with E-state index < -0.39 is 0 Å². The second kappa shape index (κ2) is 9.33. The summed E-state index contributed by atoms with van der Waals surface area (Å²) in [6.45, 7) is 7.13. The molecule has 0 fully saturated rings. The standard InChI is InChI=1S/C24H28N2O/c1-19-16-24(27-3)20(2)15-23(19)18-26(17-22-9-12-25-13-10-22)14-11-21-7-5-4-6-8-21/h4-10,12-13,15-16H,11,14,17-18H2,1-3H3. The van der Waals surface area contributed by atoms with Crippen molar-refractivity contribution in [2.45, 2.75) is 33.4 Å². The quantitative estimate of drug-likeness (QED) is 0.568. The van der Waals surface area contributed by atoms with Gasteiger partial charge < -0.3 is 4.74 Å². The van der Waals surface area contributed by atoms with Crippen molar-refractivity contribution in [3.8, 4) is 5.75 Å². The number of rotatable bonds is 8. The molecule has 0 aliphatic heterocycles. The Morgan fingerprint density at radius 3 is 2.30 bits per heavy atom. The molecule has 0 aliphatic carbocycles. The lowest BCUT2D eigenvalue weighted by molar-refractivity contribution is 0.259. The van der Waals surface area contributed by atoms with E-state index in [0.717, 1.165) is 31.8 Å². The monoisotopic (exact) mass is 360 g/mol. The van der Waals surface area contributed by atoms with Gasteiger partial charge in [0.2, 0.25) is 0 Å². The van der Waals surface area contributed by atoms with E-state index in [0.29, 0.717) is 0 Å². The third-order valence-electron chi connectivity index (χ3n) is 4.96. The summed E-state index contributed by atoms with van der Waals surface area (Å²) in [4.78, 5) is 6.65. The van der Waals surface area contributed by atoms with Gasteiger partial charge in [0, 0.05) is 32.0 Å². The van der Waals surface area contributed by atoms with Crippen LogP contribution in [0.3, 0.4) is 0 Å². The number of benzene rings is 2. The number of methoxy groups -OCH3 is 1. The van der Waals surface area contributed by atoms with Crippen molar-refractivity contribution >= 4 is 0 Å². The molecular weight excluding hydrogens is 332 g/mol. The van der Waals surface area contributed by atoms with Crippen LogP contribution in [0.25, 0.3) is 0 Å². The Kier molecular flexibility index (Phi) is 6.61. The second-order valence-corrected chi connectivity index (χ2v) is 7.05. The second-order valence-electron chi connectivity index (χ2n) is 7.05. The molecule has 3 rings (SSSR count). The summed E-state index contributed by atoms with van der Waals surface area (Å²) < 4.78 is 5.47. The van der Waals surface area contributed by atoms with Crippen molar-refractivity contribution in [2.75, 3.05) is 13.7 Å². The number of nitrogens with zero attached hydrogens (tertiary/aromatic N) is 2. The molecule has 0 amide bonds. The van der Waals surface area contributed by atoms with Crippen LogP contribution in [0.15, 0.2) is 67.0 Å². The normalized spacial score (nSPS) is 11.0. The minimum atomic E-state index is 0.917. The van der Waals surface area contributed by atoms with Gasteiger partial charge in [0.05, 0.1) is 7.11 Å². The zero-order valence-electron chi connectivity index (χ0n) is 16.5. The van der Waals surface area contributed by atoms with E-state index in [4.69, 9.17) is 4.74 Å². The lowest BCUT2D eigenvalue weighted by Gasteiger charge is -2.24. The summed E-state index contributed by atoms with van der Waals surface area (Å²) >= 11 is 0. The Morgan fingerprint density at radius 2 is 1.59 bits per heavy atom. The van der Waals surface area contributed by atoms with Gasteiger partial charge in [-0.15, -0.1) is 0 Å². The zero-order valence-corrected chi connectivity index (χ0v) is 16.5. The largest absolute Gasteiger partial charge is 0.496 e. The smallest absolute Gasteiger partial charge is 0.122 e. The molecule has 3 aromatic rings. The van der Waals surface area contributed by atoms with Gasteiger partial charge in [-0.3, -0.25) is 9.88 Å². The molecule has 0 saturated heterocycles. The first kappa shape index (κ1) is 19.1. The van der Waals surface area contributed by atoms with Crippen LogP contribution in [0.1, 0.15) is 27.8 Å². The molecular formula is C24H28N2O. The Hall–Kier alpha value is -2.65. The van der Waals surface area contributed by atoms with Crippen molar-refractivity contribution in [1.82, 2.24) is 9.88 Å². The van der Waals surface area contributed by atoms with Crippen molar-refractivity contribution in [3.63, 3.8) is 0 Å². The number of hydrogen-bond acceptors (Lipinski definition) is 3. The molecule has 0 saturated carbocycles. The van der Waals surface area contributed by atoms with Crippen molar-refractivity contribution in [1.29, 1.82) is 0 Å². The third-order valence-corrected chi connectivity index (χ3v) is 4.96. The molecule has 0 N–H and O–H groups in total. The lowest BCUT2D eigenvalue weighted by Crippen LogP contribution is -2.26. The van der Waals surface area contributed by atoms with Gasteiger partial charge in [-0.2, -0.15) is 0 Å². The molecule has 0 unspecified atom stereocenters. The summed E-state index contributed by atoms with van der Waals surface area (Å²) in [6.07, 6.45) is 4.78. The Bertz CT molecular complexity index is 847. The van der Waals surface area contributed by atoms with Crippen LogP contribution in [-0.2, 0) is 19.5 Å². The van der Waals surface area contributed by atoms with E-state index in [1.54, 1.807) is 7.11 Å². The van der Waals surface area contributed by atoms with Crippen LogP contribution >= 0.6 is 0 Å². The fraction of sp³-hybridized carbons (Fsp3) is 0.292. The molecule has 2 aromatic carbocycles. The predicted octanol–water partition coefficient (Wildman–Crippen LogP) is 4.95. The average Bonchev–Trinajstić information content (AvgIpc) is 2.70. The molecule has 0 atom stereocenters. The Labute approximate surface area is 162 Å². The van der Waals surface area contributed by atoms with Gasteiger partial charge in [-0.05, 0) is 66.3 Å². The van der Waals surface area contributed by atoms with E-state index in [2.05, 4.69) is 78.3 Å². The first-order valence-electron chi connectivity index (χ1n) is 9.45. The molecule has 3 heteroatoms. The van der Waals surface area contributed by atoms with Gasteiger partial charge in [0.25, 0.3) is 0 Å². The highest BCUT2D eigenvalue weighted by Crippen LogP contribution is 2.24. The van der Waals surface area contributed by atoms with Gasteiger partial charge >= 0.3 is 0 Å². The molecule has 0 bridgehead atoms. The van der Waals surface area contributed by atoms with Crippen molar-refractivity contribution in [3.05, 3.63) is 94.8 Å². The van der Waals surface area contributed by atoms with Crippen LogP contribution < -0.4 is 4.74 Å². The number of pyridine rings is 1. The van der Waals surface area contributed by atoms with Crippen LogP contribution in [-0.4, -0.2) is 23.5 Å². The Balaban J connectivity index is 1.77. The molecule has 3 nitrogen and oxygen atoms in total. The first-order chi connectivity index (χ1) is 13.2. The summed E-state index contributed by atoms with van der Waals surface area (Å²) in [5.41, 5.74) is 6.48. The fourth-order valence-electron chi connectivity index (χ4n) is 3.37. The lowest BCUT2D eigenvalue weighted by atomic mass is 10.0. The molecule has 1 aromatic heterocycles. The van der Waals surface area contributed by atoms with E-state index >= 15 is 0 Å². The van der Waals surface area contributed by atoms with Crippen molar-refractivity contribution < 1.29 is 4.74 Å². The summed E-state index contributed by atoms with van der Waals surface area (Å²) in [6, 6.07) is 19.3. The van der Waals surface area contributed by atoms with Gasteiger partial charge in [-0.1, -0.05) is 36.4 Å². The highest BCUT2D eigenvalue weighted by Gasteiger charge is 2.11. The molecule has 140 valence electrons. The van der Waals surface area contributed by atoms with E-state index in [9.17, 15) is 0 Å². The highest BCUT2D eigenvalue weighted by atomic mass is 16.5. The van der Waals surface area contributed by atoms with Crippen LogP contribution in [0.2, 0.25) is 0 Å². The molecule has 0 aliphatic rings. The molecule has 27 heavy (non-hydrogen) atoms. The number of aromatic nitrogens is 1.